The first-order chi connectivity index (χ1) is 8.27. The SMILES string of the molecule is Cc1cc(C(F)(F)F)nc(-n2nc(N)nc2N)n1. The molecule has 7 nitrogen and oxygen atoms in total. The lowest BCUT2D eigenvalue weighted by molar-refractivity contribution is -0.141. The Kier molecular flexibility index (Phi) is 2.56. The first kappa shape index (κ1) is 12.1. The van der Waals surface area contributed by atoms with Crippen molar-refractivity contribution in [3.05, 3.63) is 17.5 Å². The van der Waals surface area contributed by atoms with E-state index in [-0.39, 0.29) is 23.5 Å². The summed E-state index contributed by atoms with van der Waals surface area (Å²) >= 11 is 0. The second kappa shape index (κ2) is 3.82. The molecule has 4 N–H and O–H groups in total. The van der Waals surface area contributed by atoms with Gasteiger partial charge in [-0.3, -0.25) is 0 Å². The van der Waals surface area contributed by atoms with Crippen molar-refractivity contribution in [2.24, 2.45) is 0 Å². The molecule has 0 atom stereocenters. The summed E-state index contributed by atoms with van der Waals surface area (Å²) in [5.74, 6) is -0.693. The molecule has 0 amide bonds. The van der Waals surface area contributed by atoms with E-state index in [4.69, 9.17) is 11.5 Å². The number of nitrogens with zero attached hydrogens (tertiary/aromatic N) is 5. The normalized spacial score (nSPS) is 11.8. The van der Waals surface area contributed by atoms with E-state index in [0.29, 0.717) is 0 Å². The van der Waals surface area contributed by atoms with Gasteiger partial charge < -0.3 is 11.5 Å². The van der Waals surface area contributed by atoms with Crippen LogP contribution in [0.5, 0.6) is 0 Å². The molecule has 0 fully saturated rings. The lowest BCUT2D eigenvalue weighted by Crippen LogP contribution is -2.14. The van der Waals surface area contributed by atoms with Crippen LogP contribution in [0.3, 0.4) is 0 Å². The van der Waals surface area contributed by atoms with Gasteiger partial charge >= 0.3 is 6.18 Å². The summed E-state index contributed by atoms with van der Waals surface area (Å²) in [5.41, 5.74) is 9.75. The first-order valence-corrected chi connectivity index (χ1v) is 4.68. The predicted molar refractivity (Wildman–Crippen MR) is 55.5 cm³/mol. The number of halogens is 3. The molecule has 0 unspecified atom stereocenters. The van der Waals surface area contributed by atoms with E-state index in [2.05, 4.69) is 20.1 Å². The largest absolute Gasteiger partial charge is 0.433 e. The molecule has 2 aromatic rings. The summed E-state index contributed by atoms with van der Waals surface area (Å²) in [4.78, 5) is 10.7. The predicted octanol–water partition coefficient (Wildman–Crippen LogP) is 0.549. The van der Waals surface area contributed by atoms with Crippen LogP contribution in [0, 0.1) is 6.92 Å². The van der Waals surface area contributed by atoms with Gasteiger partial charge in [0.15, 0.2) is 0 Å². The molecule has 18 heavy (non-hydrogen) atoms. The van der Waals surface area contributed by atoms with Crippen molar-refractivity contribution in [1.29, 1.82) is 0 Å². The fraction of sp³-hybridized carbons (Fsp3) is 0.250. The summed E-state index contributed by atoms with van der Waals surface area (Å²) < 4.78 is 38.6. The van der Waals surface area contributed by atoms with Crippen molar-refractivity contribution >= 4 is 11.9 Å². The summed E-state index contributed by atoms with van der Waals surface area (Å²) in [7, 11) is 0. The second-order valence-corrected chi connectivity index (χ2v) is 3.43. The monoisotopic (exact) mass is 259 g/mol. The Morgan fingerprint density at radius 3 is 2.33 bits per heavy atom. The zero-order valence-electron chi connectivity index (χ0n) is 9.10. The van der Waals surface area contributed by atoms with Crippen molar-refractivity contribution < 1.29 is 13.2 Å². The molecule has 2 rings (SSSR count). The van der Waals surface area contributed by atoms with Crippen LogP contribution in [-0.4, -0.2) is 24.7 Å². The van der Waals surface area contributed by atoms with Crippen LogP contribution in [-0.2, 0) is 6.18 Å². The molecule has 0 bridgehead atoms. The van der Waals surface area contributed by atoms with E-state index < -0.39 is 11.9 Å². The third-order valence-electron chi connectivity index (χ3n) is 1.97. The quantitative estimate of drug-likeness (QED) is 0.774. The molecule has 0 saturated carbocycles. The molecule has 0 aliphatic heterocycles. The van der Waals surface area contributed by atoms with E-state index in [1.807, 2.05) is 0 Å². The number of alkyl halides is 3. The molecule has 0 spiro atoms. The van der Waals surface area contributed by atoms with Gasteiger partial charge in [-0.2, -0.15) is 22.8 Å². The number of hydrogen-bond donors (Lipinski definition) is 2. The molecule has 0 radical (unpaired) electrons. The van der Waals surface area contributed by atoms with Crippen LogP contribution in [0.4, 0.5) is 25.1 Å². The minimum absolute atomic E-state index is 0.126. The Morgan fingerprint density at radius 2 is 1.83 bits per heavy atom. The lowest BCUT2D eigenvalue weighted by Gasteiger charge is -2.08. The minimum atomic E-state index is -4.58. The van der Waals surface area contributed by atoms with E-state index >= 15 is 0 Å². The summed E-state index contributed by atoms with van der Waals surface area (Å²) in [6.07, 6.45) is -4.58. The fourth-order valence-electron chi connectivity index (χ4n) is 1.28. The van der Waals surface area contributed by atoms with Crippen LogP contribution in [0.2, 0.25) is 0 Å². The molecule has 2 aromatic heterocycles. The molecular weight excluding hydrogens is 251 g/mol. The van der Waals surface area contributed by atoms with Crippen molar-refractivity contribution in [3.63, 3.8) is 0 Å². The van der Waals surface area contributed by atoms with Gasteiger partial charge in [-0.15, -0.1) is 5.10 Å². The number of aryl methyl sites for hydroxylation is 1. The highest BCUT2D eigenvalue weighted by atomic mass is 19.4. The molecule has 0 saturated heterocycles. The second-order valence-electron chi connectivity index (χ2n) is 3.43. The zero-order chi connectivity index (χ0) is 13.5. The number of aromatic nitrogens is 5. The van der Waals surface area contributed by atoms with Crippen molar-refractivity contribution in [1.82, 2.24) is 24.7 Å². The smallest absolute Gasteiger partial charge is 0.368 e. The van der Waals surface area contributed by atoms with Crippen LogP contribution in [0.25, 0.3) is 5.95 Å². The summed E-state index contributed by atoms with van der Waals surface area (Å²) in [5, 5.41) is 3.61. The summed E-state index contributed by atoms with van der Waals surface area (Å²) in [6, 6.07) is 0.819. The van der Waals surface area contributed by atoms with Crippen molar-refractivity contribution in [2.75, 3.05) is 11.5 Å². The van der Waals surface area contributed by atoms with Gasteiger partial charge in [0, 0.05) is 5.69 Å². The van der Waals surface area contributed by atoms with Gasteiger partial charge in [0.1, 0.15) is 5.69 Å². The van der Waals surface area contributed by atoms with Gasteiger partial charge in [0.05, 0.1) is 0 Å². The van der Waals surface area contributed by atoms with Crippen LogP contribution < -0.4 is 11.5 Å². The molecule has 96 valence electrons. The molecule has 2 heterocycles. The molecular formula is C8H8F3N7. The molecule has 0 aromatic carbocycles. The lowest BCUT2D eigenvalue weighted by atomic mass is 10.3. The zero-order valence-corrected chi connectivity index (χ0v) is 9.10. The molecule has 10 heteroatoms. The van der Waals surface area contributed by atoms with Crippen LogP contribution in [0.15, 0.2) is 6.07 Å². The topological polar surface area (TPSA) is 109 Å². The van der Waals surface area contributed by atoms with Crippen LogP contribution in [0.1, 0.15) is 11.4 Å². The number of hydrogen-bond acceptors (Lipinski definition) is 6. The van der Waals surface area contributed by atoms with Gasteiger partial charge in [-0.05, 0) is 13.0 Å². The Balaban J connectivity index is 2.59. The van der Waals surface area contributed by atoms with Gasteiger partial charge in [0.2, 0.25) is 11.9 Å². The Labute approximate surface area is 98.7 Å². The molecule has 0 aliphatic carbocycles. The van der Waals surface area contributed by atoms with Gasteiger partial charge in [0.25, 0.3) is 5.95 Å². The highest BCUT2D eigenvalue weighted by Gasteiger charge is 2.33. The third kappa shape index (κ3) is 2.17. The Hall–Kier alpha value is -2.39. The van der Waals surface area contributed by atoms with E-state index in [1.54, 1.807) is 0 Å². The standard InChI is InChI=1S/C8H8F3N7/c1-3-2-4(8(9,10)11)15-7(14-3)18-6(13)16-5(12)17-18/h2H,1H3,(H4,12,13,16,17). The van der Waals surface area contributed by atoms with Gasteiger partial charge in [-0.1, -0.05) is 0 Å². The Morgan fingerprint density at radius 1 is 1.17 bits per heavy atom. The van der Waals surface area contributed by atoms with Crippen molar-refractivity contribution in [3.8, 4) is 5.95 Å². The number of nitrogens with two attached hydrogens (primary N) is 2. The van der Waals surface area contributed by atoms with E-state index in [1.165, 1.54) is 6.92 Å². The highest BCUT2D eigenvalue weighted by Crippen LogP contribution is 2.28. The Bertz CT molecular complexity index is 589. The number of nitrogen functional groups attached to an aromatic ring is 2. The fourth-order valence-corrected chi connectivity index (χ4v) is 1.28. The average molecular weight is 259 g/mol. The number of anilines is 2. The maximum Gasteiger partial charge on any atom is 0.433 e. The van der Waals surface area contributed by atoms with Crippen molar-refractivity contribution in [2.45, 2.75) is 13.1 Å². The number of rotatable bonds is 1. The highest BCUT2D eigenvalue weighted by molar-refractivity contribution is 5.33. The maximum absolute atomic E-state index is 12.6. The third-order valence-corrected chi connectivity index (χ3v) is 1.97. The maximum atomic E-state index is 12.6. The average Bonchev–Trinajstić information content (AvgIpc) is 2.55. The van der Waals surface area contributed by atoms with E-state index in [0.717, 1.165) is 10.7 Å². The minimum Gasteiger partial charge on any atom is -0.368 e. The molecule has 0 aliphatic rings. The van der Waals surface area contributed by atoms with Gasteiger partial charge in [-0.25, -0.2) is 9.97 Å². The summed E-state index contributed by atoms with van der Waals surface area (Å²) in [6.45, 7) is 1.40. The van der Waals surface area contributed by atoms with Crippen LogP contribution >= 0.6 is 0 Å². The van der Waals surface area contributed by atoms with E-state index in [9.17, 15) is 13.2 Å². The first-order valence-electron chi connectivity index (χ1n) is 4.68.